The number of esters is 1. The van der Waals surface area contributed by atoms with Crippen molar-refractivity contribution in [3.05, 3.63) is 47.7 Å². The first kappa shape index (κ1) is 19.7. The molecule has 1 fully saturated rings. The molecule has 0 amide bonds. The van der Waals surface area contributed by atoms with Gasteiger partial charge in [0, 0.05) is 23.2 Å². The van der Waals surface area contributed by atoms with Gasteiger partial charge in [0.25, 0.3) is 0 Å². The SMILES string of the molecule is COC(=O)C(C)Sc1nc2c(c(Nc3ccc(C4CC4)c4ccccc34)n1)SCC2. The fraction of sp³-hybridized carbons (Fsp3) is 0.348. The van der Waals surface area contributed by atoms with Gasteiger partial charge in [-0.2, -0.15) is 0 Å². The molecule has 2 aliphatic rings. The topological polar surface area (TPSA) is 64.1 Å². The van der Waals surface area contributed by atoms with Crippen molar-refractivity contribution < 1.29 is 9.53 Å². The van der Waals surface area contributed by atoms with Gasteiger partial charge in [-0.15, -0.1) is 11.8 Å². The largest absolute Gasteiger partial charge is 0.468 e. The number of thioether (sulfide) groups is 2. The summed E-state index contributed by atoms with van der Waals surface area (Å²) in [6, 6.07) is 13.0. The second-order valence-corrected chi connectivity index (χ2v) is 10.1. The van der Waals surface area contributed by atoms with Crippen LogP contribution >= 0.6 is 23.5 Å². The molecule has 0 radical (unpaired) electrons. The Morgan fingerprint density at radius 3 is 2.77 bits per heavy atom. The molecular weight excluding hydrogens is 414 g/mol. The van der Waals surface area contributed by atoms with Gasteiger partial charge in [-0.1, -0.05) is 42.1 Å². The molecular formula is C23H23N3O2S2. The number of hydrogen-bond donors (Lipinski definition) is 1. The van der Waals surface area contributed by atoms with Crippen LogP contribution in [0.4, 0.5) is 11.5 Å². The molecule has 1 N–H and O–H groups in total. The summed E-state index contributed by atoms with van der Waals surface area (Å²) in [7, 11) is 1.41. The molecule has 1 aliphatic heterocycles. The highest BCUT2D eigenvalue weighted by Gasteiger charge is 2.27. The summed E-state index contributed by atoms with van der Waals surface area (Å²) >= 11 is 3.13. The van der Waals surface area contributed by atoms with Crippen LogP contribution in [0.25, 0.3) is 10.8 Å². The molecule has 2 heterocycles. The third kappa shape index (κ3) is 3.76. The summed E-state index contributed by atoms with van der Waals surface area (Å²) in [6.07, 6.45) is 3.48. The van der Waals surface area contributed by atoms with E-state index in [0.717, 1.165) is 34.3 Å². The number of ether oxygens (including phenoxy) is 1. The number of hydrogen-bond acceptors (Lipinski definition) is 7. The van der Waals surface area contributed by atoms with Crippen molar-refractivity contribution in [2.24, 2.45) is 0 Å². The highest BCUT2D eigenvalue weighted by Crippen LogP contribution is 2.45. The minimum atomic E-state index is -0.353. The fourth-order valence-corrected chi connectivity index (χ4v) is 5.73. The number of carbonyl (C=O) groups excluding carboxylic acids is 1. The molecule has 1 unspecified atom stereocenters. The summed E-state index contributed by atoms with van der Waals surface area (Å²) in [5.41, 5.74) is 3.55. The van der Waals surface area contributed by atoms with Crippen molar-refractivity contribution in [1.82, 2.24) is 9.97 Å². The van der Waals surface area contributed by atoms with Crippen LogP contribution in [0, 0.1) is 0 Å². The van der Waals surface area contributed by atoms with Gasteiger partial charge in [0.2, 0.25) is 0 Å². The lowest BCUT2D eigenvalue weighted by Crippen LogP contribution is -2.15. The minimum Gasteiger partial charge on any atom is -0.468 e. The second kappa shape index (κ2) is 8.12. The maximum atomic E-state index is 11.8. The average molecular weight is 438 g/mol. The molecule has 1 saturated carbocycles. The fourth-order valence-electron chi connectivity index (χ4n) is 3.86. The van der Waals surface area contributed by atoms with E-state index in [1.54, 1.807) is 11.8 Å². The van der Waals surface area contributed by atoms with Gasteiger partial charge in [-0.05, 0) is 42.7 Å². The van der Waals surface area contributed by atoms with Crippen LogP contribution in [0.5, 0.6) is 0 Å². The average Bonchev–Trinajstić information content (AvgIpc) is 3.50. The van der Waals surface area contributed by atoms with Gasteiger partial charge >= 0.3 is 5.97 Å². The summed E-state index contributed by atoms with van der Waals surface area (Å²) in [4.78, 5) is 22.4. The molecule has 2 aromatic carbocycles. The highest BCUT2D eigenvalue weighted by molar-refractivity contribution is 8.00. The number of rotatable bonds is 6. The van der Waals surface area contributed by atoms with Crippen molar-refractivity contribution in [3.63, 3.8) is 0 Å². The van der Waals surface area contributed by atoms with E-state index >= 15 is 0 Å². The Morgan fingerprint density at radius 2 is 2.00 bits per heavy atom. The Balaban J connectivity index is 1.52. The molecule has 5 nitrogen and oxygen atoms in total. The van der Waals surface area contributed by atoms with E-state index in [2.05, 4.69) is 41.7 Å². The van der Waals surface area contributed by atoms with Crippen LogP contribution in [0.2, 0.25) is 0 Å². The number of aryl methyl sites for hydroxylation is 1. The molecule has 5 rings (SSSR count). The van der Waals surface area contributed by atoms with E-state index in [1.807, 2.05) is 6.92 Å². The van der Waals surface area contributed by atoms with Crippen LogP contribution < -0.4 is 5.32 Å². The summed E-state index contributed by atoms with van der Waals surface area (Å²) < 4.78 is 4.85. The predicted octanol–water partition coefficient (Wildman–Crippen LogP) is 5.55. The first-order chi connectivity index (χ1) is 14.6. The summed E-state index contributed by atoms with van der Waals surface area (Å²) in [6.45, 7) is 1.82. The lowest BCUT2D eigenvalue weighted by Gasteiger charge is -2.16. The van der Waals surface area contributed by atoms with Crippen molar-refractivity contribution in [3.8, 4) is 0 Å². The third-order valence-corrected chi connectivity index (χ3v) is 7.61. The van der Waals surface area contributed by atoms with Gasteiger partial charge in [0.1, 0.15) is 11.1 Å². The summed E-state index contributed by atoms with van der Waals surface area (Å²) in [5.74, 6) is 2.26. The Bertz CT molecular complexity index is 1130. The highest BCUT2D eigenvalue weighted by atomic mass is 32.2. The van der Waals surface area contributed by atoms with Crippen molar-refractivity contribution in [2.75, 3.05) is 18.2 Å². The molecule has 1 aromatic heterocycles. The Morgan fingerprint density at radius 1 is 1.20 bits per heavy atom. The Kier molecular flexibility index (Phi) is 5.33. The Labute approximate surface area is 184 Å². The van der Waals surface area contributed by atoms with Gasteiger partial charge in [-0.3, -0.25) is 4.79 Å². The molecule has 0 saturated heterocycles. The van der Waals surface area contributed by atoms with Gasteiger partial charge in [0.15, 0.2) is 5.16 Å². The zero-order valence-corrected chi connectivity index (χ0v) is 18.6. The van der Waals surface area contributed by atoms with E-state index in [0.29, 0.717) is 11.1 Å². The van der Waals surface area contributed by atoms with Crippen LogP contribution in [0.15, 0.2) is 46.5 Å². The first-order valence-corrected chi connectivity index (χ1v) is 12.1. The molecule has 30 heavy (non-hydrogen) atoms. The standard InChI is InChI=1S/C23H23N3O2S2/c1-13(22(27)28-2)30-23-25-19-11-12-29-20(19)21(26-23)24-18-10-9-15(14-7-8-14)16-5-3-4-6-17(16)18/h3-6,9-10,13-14H,7-8,11-12H2,1-2H3,(H,24,25,26). The lowest BCUT2D eigenvalue weighted by molar-refractivity contribution is -0.139. The summed E-state index contributed by atoms with van der Waals surface area (Å²) in [5, 5.41) is 6.38. The number of carbonyl (C=O) groups is 1. The van der Waals surface area contributed by atoms with E-state index < -0.39 is 0 Å². The molecule has 1 atom stereocenters. The van der Waals surface area contributed by atoms with Crippen molar-refractivity contribution >= 4 is 51.8 Å². The molecule has 1 aliphatic carbocycles. The number of benzene rings is 2. The maximum absolute atomic E-state index is 11.8. The molecule has 154 valence electrons. The quantitative estimate of drug-likeness (QED) is 0.308. The predicted molar refractivity (Wildman–Crippen MR) is 123 cm³/mol. The third-order valence-electron chi connectivity index (χ3n) is 5.54. The maximum Gasteiger partial charge on any atom is 0.318 e. The van der Waals surface area contributed by atoms with Gasteiger partial charge < -0.3 is 10.1 Å². The van der Waals surface area contributed by atoms with Crippen molar-refractivity contribution in [2.45, 2.75) is 47.4 Å². The van der Waals surface area contributed by atoms with Crippen LogP contribution in [0.3, 0.4) is 0 Å². The van der Waals surface area contributed by atoms with E-state index in [-0.39, 0.29) is 11.2 Å². The molecule has 0 spiro atoms. The second-order valence-electron chi connectivity index (χ2n) is 7.66. The first-order valence-electron chi connectivity index (χ1n) is 10.2. The van der Waals surface area contributed by atoms with E-state index in [1.165, 1.54) is 48.0 Å². The van der Waals surface area contributed by atoms with Crippen LogP contribution in [-0.2, 0) is 16.0 Å². The van der Waals surface area contributed by atoms with E-state index in [9.17, 15) is 4.79 Å². The number of nitrogens with zero attached hydrogens (tertiary/aromatic N) is 2. The molecule has 0 bridgehead atoms. The van der Waals surface area contributed by atoms with Crippen molar-refractivity contribution in [1.29, 1.82) is 0 Å². The molecule has 3 aromatic rings. The van der Waals surface area contributed by atoms with Gasteiger partial charge in [0.05, 0.1) is 17.7 Å². The number of methoxy groups -OCH3 is 1. The number of nitrogens with one attached hydrogen (secondary N) is 1. The minimum absolute atomic E-state index is 0.269. The Hall–Kier alpha value is -2.25. The lowest BCUT2D eigenvalue weighted by atomic mass is 9.99. The number of fused-ring (bicyclic) bond motifs is 2. The molecule has 7 heteroatoms. The number of anilines is 2. The van der Waals surface area contributed by atoms with E-state index in [4.69, 9.17) is 14.7 Å². The van der Waals surface area contributed by atoms with Gasteiger partial charge in [-0.25, -0.2) is 9.97 Å². The van der Waals surface area contributed by atoms with Crippen LogP contribution in [0.1, 0.15) is 36.9 Å². The van der Waals surface area contributed by atoms with Crippen LogP contribution in [-0.4, -0.2) is 34.0 Å². The number of aromatic nitrogens is 2. The zero-order valence-electron chi connectivity index (χ0n) is 17.0. The monoisotopic (exact) mass is 437 g/mol. The zero-order chi connectivity index (χ0) is 20.7. The normalized spacial score (nSPS) is 16.3. The smallest absolute Gasteiger partial charge is 0.318 e.